The van der Waals surface area contributed by atoms with Crippen molar-refractivity contribution in [2.24, 2.45) is 0 Å². The minimum Gasteiger partial charge on any atom is -0.493 e. The van der Waals surface area contributed by atoms with Crippen LogP contribution in [0.1, 0.15) is 59.7 Å². The van der Waals surface area contributed by atoms with Crippen LogP contribution in [0.5, 0.6) is 11.5 Å². The van der Waals surface area contributed by atoms with Gasteiger partial charge in [-0.25, -0.2) is 0 Å². The molecule has 0 bridgehead atoms. The monoisotopic (exact) mass is 385 g/mol. The first-order valence-corrected chi connectivity index (χ1v) is 9.52. The zero-order valence-corrected chi connectivity index (χ0v) is 16.7. The Bertz CT molecular complexity index is 853. The molecule has 1 heterocycles. The third kappa shape index (κ3) is 3.88. The molecule has 150 valence electrons. The Labute approximate surface area is 165 Å². The lowest BCUT2D eigenvalue weighted by molar-refractivity contribution is 0.0855. The molecule has 1 aromatic heterocycles. The van der Waals surface area contributed by atoms with Crippen molar-refractivity contribution in [3.8, 4) is 11.5 Å². The van der Waals surface area contributed by atoms with Crippen LogP contribution in [0, 0.1) is 6.92 Å². The maximum Gasteiger partial charge on any atom is 0.252 e. The molecule has 0 atom stereocenters. The van der Waals surface area contributed by atoms with Crippen LogP contribution in [0.2, 0.25) is 0 Å². The quantitative estimate of drug-likeness (QED) is 0.731. The number of benzene rings is 1. The topological polar surface area (TPSA) is 86.5 Å². The van der Waals surface area contributed by atoms with Gasteiger partial charge in [-0.1, -0.05) is 30.5 Å². The Morgan fingerprint density at radius 1 is 1.29 bits per heavy atom. The second-order valence-electron chi connectivity index (χ2n) is 7.10. The van der Waals surface area contributed by atoms with Gasteiger partial charge < -0.3 is 19.3 Å². The van der Waals surface area contributed by atoms with Crippen molar-refractivity contribution in [1.29, 1.82) is 0 Å². The minimum absolute atomic E-state index is 0.199. The Morgan fingerprint density at radius 3 is 2.61 bits per heavy atom. The first kappa shape index (κ1) is 19.9. The van der Waals surface area contributed by atoms with Gasteiger partial charge in [-0.2, -0.15) is 4.98 Å². The maximum atomic E-state index is 13.2. The Hall–Kier alpha value is -2.83. The Kier molecular flexibility index (Phi) is 6.02. The molecule has 1 saturated carbocycles. The summed E-state index contributed by atoms with van der Waals surface area (Å²) in [7, 11) is 3.14. The molecule has 1 fully saturated rings. The van der Waals surface area contributed by atoms with Crippen LogP contribution < -0.4 is 14.8 Å². The van der Waals surface area contributed by atoms with Crippen molar-refractivity contribution < 1.29 is 18.8 Å². The van der Waals surface area contributed by atoms with E-state index in [1.807, 2.05) is 6.07 Å². The number of nitrogens with one attached hydrogen (secondary N) is 1. The molecule has 2 aromatic rings. The summed E-state index contributed by atoms with van der Waals surface area (Å²) in [6.45, 7) is 5.54. The number of hydrogen-bond acceptors (Lipinski definition) is 6. The molecule has 1 N–H and O–H groups in total. The van der Waals surface area contributed by atoms with Gasteiger partial charge in [0.05, 0.1) is 14.2 Å². The van der Waals surface area contributed by atoms with Gasteiger partial charge in [-0.3, -0.25) is 4.79 Å². The molecule has 0 aliphatic heterocycles. The van der Waals surface area contributed by atoms with E-state index in [2.05, 4.69) is 22.0 Å². The van der Waals surface area contributed by atoms with Crippen molar-refractivity contribution in [3.63, 3.8) is 0 Å². The van der Waals surface area contributed by atoms with Gasteiger partial charge in [0.15, 0.2) is 17.3 Å². The number of rotatable bonds is 7. The molecule has 7 heteroatoms. The lowest BCUT2D eigenvalue weighted by Gasteiger charge is -2.35. The number of allylic oxidation sites excluding steroid dienone is 1. The molecule has 0 radical (unpaired) electrons. The predicted molar refractivity (Wildman–Crippen MR) is 105 cm³/mol. The fourth-order valence-electron chi connectivity index (χ4n) is 3.82. The fraction of sp³-hybridized carbons (Fsp3) is 0.476. The first-order chi connectivity index (χ1) is 13.5. The van der Waals surface area contributed by atoms with Gasteiger partial charge in [0.25, 0.3) is 5.91 Å². The highest BCUT2D eigenvalue weighted by Gasteiger charge is 2.40. The Morgan fingerprint density at radius 2 is 2.04 bits per heavy atom. The highest BCUT2D eigenvalue weighted by molar-refractivity contribution is 5.95. The molecule has 1 aliphatic rings. The standard InChI is InChI=1S/C21H27N3O4/c1-5-9-15-12-16(13-17(26-3)18(15)27-4)19(25)23-21(10-7-6-8-11-21)20-22-14(2)28-24-20/h5,12-13H,1,6-11H2,2-4H3,(H,23,25). The smallest absolute Gasteiger partial charge is 0.252 e. The van der Waals surface area contributed by atoms with Crippen LogP contribution in [0.3, 0.4) is 0 Å². The van der Waals surface area contributed by atoms with Crippen molar-refractivity contribution >= 4 is 5.91 Å². The maximum absolute atomic E-state index is 13.2. The first-order valence-electron chi connectivity index (χ1n) is 9.52. The number of carbonyl (C=O) groups excluding carboxylic acids is 1. The zero-order chi connectivity index (χ0) is 20.1. The van der Waals surface area contributed by atoms with Crippen LogP contribution in [-0.2, 0) is 12.0 Å². The van der Waals surface area contributed by atoms with E-state index in [-0.39, 0.29) is 5.91 Å². The molecule has 0 spiro atoms. The number of nitrogens with zero attached hydrogens (tertiary/aromatic N) is 2. The largest absolute Gasteiger partial charge is 0.493 e. The number of ether oxygens (including phenoxy) is 2. The van der Waals surface area contributed by atoms with Gasteiger partial charge >= 0.3 is 0 Å². The number of carbonyl (C=O) groups is 1. The highest BCUT2D eigenvalue weighted by Crippen LogP contribution is 2.37. The lowest BCUT2D eigenvalue weighted by Crippen LogP contribution is -2.48. The average molecular weight is 385 g/mol. The third-order valence-corrected chi connectivity index (χ3v) is 5.20. The molecular formula is C21H27N3O4. The number of methoxy groups -OCH3 is 2. The predicted octanol–water partition coefficient (Wildman–Crippen LogP) is 3.71. The molecule has 3 rings (SSSR count). The summed E-state index contributed by atoms with van der Waals surface area (Å²) in [5.74, 6) is 1.97. The van der Waals surface area contributed by atoms with Crippen molar-refractivity contribution in [2.45, 2.75) is 51.0 Å². The summed E-state index contributed by atoms with van der Waals surface area (Å²) in [4.78, 5) is 17.6. The van der Waals surface area contributed by atoms with E-state index in [1.54, 1.807) is 33.3 Å². The van der Waals surface area contributed by atoms with Gasteiger partial charge in [0.2, 0.25) is 5.89 Å². The van der Waals surface area contributed by atoms with Gasteiger partial charge in [0, 0.05) is 18.1 Å². The van der Waals surface area contributed by atoms with E-state index < -0.39 is 5.54 Å². The molecule has 0 unspecified atom stereocenters. The summed E-state index contributed by atoms with van der Waals surface area (Å²) in [5, 5.41) is 7.30. The second kappa shape index (κ2) is 8.46. The Balaban J connectivity index is 1.96. The SMILES string of the molecule is C=CCc1cc(C(=O)NC2(c3noc(C)n3)CCCCC2)cc(OC)c1OC. The van der Waals surface area contributed by atoms with Crippen molar-refractivity contribution in [2.75, 3.05) is 14.2 Å². The van der Waals surface area contributed by atoms with Crippen molar-refractivity contribution in [1.82, 2.24) is 15.5 Å². The van der Waals surface area contributed by atoms with E-state index >= 15 is 0 Å². The number of aryl methyl sites for hydroxylation is 1. The summed E-state index contributed by atoms with van der Waals surface area (Å²) in [6.07, 6.45) is 7.03. The highest BCUT2D eigenvalue weighted by atomic mass is 16.5. The van der Waals surface area contributed by atoms with E-state index in [4.69, 9.17) is 14.0 Å². The summed E-state index contributed by atoms with van der Waals surface area (Å²) in [6, 6.07) is 3.51. The molecule has 1 aromatic carbocycles. The zero-order valence-electron chi connectivity index (χ0n) is 16.7. The molecule has 0 saturated heterocycles. The molecule has 1 amide bonds. The lowest BCUT2D eigenvalue weighted by atomic mass is 9.80. The van der Waals surface area contributed by atoms with Crippen molar-refractivity contribution in [3.05, 3.63) is 47.6 Å². The van der Waals surface area contributed by atoms with Crippen LogP contribution in [-0.4, -0.2) is 30.3 Å². The molecule has 1 aliphatic carbocycles. The van der Waals surface area contributed by atoms with E-state index in [0.717, 1.165) is 37.7 Å². The number of amides is 1. The fourth-order valence-corrected chi connectivity index (χ4v) is 3.82. The van der Waals surface area contributed by atoms with E-state index in [1.165, 1.54) is 0 Å². The van der Waals surface area contributed by atoms with Gasteiger partial charge in [-0.05, 0) is 31.4 Å². The van der Waals surface area contributed by atoms with Crippen LogP contribution in [0.4, 0.5) is 0 Å². The molecular weight excluding hydrogens is 358 g/mol. The number of aromatic nitrogens is 2. The van der Waals surface area contributed by atoms with Crippen LogP contribution >= 0.6 is 0 Å². The summed E-state index contributed by atoms with van der Waals surface area (Å²) in [5.41, 5.74) is 0.730. The van der Waals surface area contributed by atoms with E-state index in [0.29, 0.717) is 35.2 Å². The van der Waals surface area contributed by atoms with Gasteiger partial charge in [-0.15, -0.1) is 6.58 Å². The normalized spacial score (nSPS) is 15.7. The van der Waals surface area contributed by atoms with E-state index in [9.17, 15) is 4.79 Å². The van der Waals surface area contributed by atoms with Crippen LogP contribution in [0.15, 0.2) is 29.3 Å². The molecule has 28 heavy (non-hydrogen) atoms. The third-order valence-electron chi connectivity index (χ3n) is 5.20. The number of hydrogen-bond donors (Lipinski definition) is 1. The minimum atomic E-state index is -0.612. The van der Waals surface area contributed by atoms with Gasteiger partial charge in [0.1, 0.15) is 5.54 Å². The average Bonchev–Trinajstić information content (AvgIpc) is 3.15. The van der Waals surface area contributed by atoms with Crippen LogP contribution in [0.25, 0.3) is 0 Å². The molecule has 7 nitrogen and oxygen atoms in total. The summed E-state index contributed by atoms with van der Waals surface area (Å²) >= 11 is 0. The summed E-state index contributed by atoms with van der Waals surface area (Å²) < 4.78 is 16.1. The second-order valence-corrected chi connectivity index (χ2v) is 7.10.